The zero-order valence-corrected chi connectivity index (χ0v) is 16.4. The number of hydrogen-bond donors (Lipinski definition) is 0. The van der Waals surface area contributed by atoms with E-state index in [-0.39, 0.29) is 6.04 Å². The number of hydrogen-bond acceptors (Lipinski definition) is 5. The zero-order chi connectivity index (χ0) is 17.3. The summed E-state index contributed by atoms with van der Waals surface area (Å²) in [6.07, 6.45) is 2.98. The van der Waals surface area contributed by atoms with Crippen molar-refractivity contribution >= 4 is 26.0 Å². The number of benzene rings is 1. The first-order valence-electron chi connectivity index (χ1n) is 8.08. The molecule has 6 nitrogen and oxygen atoms in total. The van der Waals surface area contributed by atoms with E-state index in [9.17, 15) is 8.42 Å². The summed E-state index contributed by atoms with van der Waals surface area (Å²) in [6, 6.07) is 4.10. The van der Waals surface area contributed by atoms with Crippen LogP contribution in [0.2, 0.25) is 0 Å². The Kier molecular flexibility index (Phi) is 5.39. The Morgan fingerprint density at radius 3 is 2.38 bits per heavy atom. The van der Waals surface area contributed by atoms with Gasteiger partial charge in [0.15, 0.2) is 11.5 Å². The van der Waals surface area contributed by atoms with E-state index in [1.54, 1.807) is 7.05 Å². The van der Waals surface area contributed by atoms with E-state index in [2.05, 4.69) is 20.8 Å². The van der Waals surface area contributed by atoms with Gasteiger partial charge in [-0.1, -0.05) is 15.9 Å². The van der Waals surface area contributed by atoms with Crippen molar-refractivity contribution in [2.45, 2.75) is 25.4 Å². The lowest BCUT2D eigenvalue weighted by molar-refractivity contribution is 0.161. The van der Waals surface area contributed by atoms with E-state index in [4.69, 9.17) is 9.47 Å². The largest absolute Gasteiger partial charge is 0.486 e. The van der Waals surface area contributed by atoms with Crippen LogP contribution in [-0.2, 0) is 16.6 Å². The first kappa shape index (κ1) is 18.0. The summed E-state index contributed by atoms with van der Waals surface area (Å²) in [5.74, 6) is 1.58. The van der Waals surface area contributed by atoms with E-state index in [0.717, 1.165) is 54.0 Å². The molecule has 1 saturated heterocycles. The van der Waals surface area contributed by atoms with Crippen molar-refractivity contribution in [3.8, 4) is 11.5 Å². The van der Waals surface area contributed by atoms with Gasteiger partial charge in [-0.05, 0) is 30.5 Å². The molecule has 0 atom stereocenters. The number of ether oxygens (including phenoxy) is 2. The van der Waals surface area contributed by atoms with Gasteiger partial charge < -0.3 is 9.47 Å². The summed E-state index contributed by atoms with van der Waals surface area (Å²) in [7, 11) is -1.45. The van der Waals surface area contributed by atoms with Crippen LogP contribution >= 0.6 is 15.9 Å². The van der Waals surface area contributed by atoms with Crippen molar-refractivity contribution in [3.05, 3.63) is 22.2 Å². The summed E-state index contributed by atoms with van der Waals surface area (Å²) in [5, 5.41) is 0. The first-order chi connectivity index (χ1) is 11.3. The van der Waals surface area contributed by atoms with Crippen LogP contribution in [-0.4, -0.2) is 63.3 Å². The Labute approximate surface area is 151 Å². The van der Waals surface area contributed by atoms with Gasteiger partial charge in [-0.15, -0.1) is 0 Å². The molecule has 0 amide bonds. The molecule has 2 aliphatic rings. The number of likely N-dealkylation sites (tertiary alicyclic amines) is 1. The van der Waals surface area contributed by atoms with Crippen LogP contribution in [0.3, 0.4) is 0 Å². The van der Waals surface area contributed by atoms with E-state index < -0.39 is 10.0 Å². The fraction of sp³-hybridized carbons (Fsp3) is 0.625. The minimum atomic E-state index is -3.12. The third kappa shape index (κ3) is 4.04. The SMILES string of the molecule is CN(C1CCN(Cc2cc3c(cc2Br)OCCO3)CC1)S(C)(=O)=O. The topological polar surface area (TPSA) is 59.1 Å². The standard InChI is InChI=1S/C16H23BrN2O4S/c1-18(24(2,20)21)13-3-5-19(6-4-13)11-12-9-15-16(10-14(12)17)23-8-7-22-15/h9-10,13H,3-8,11H2,1-2H3. The monoisotopic (exact) mass is 418 g/mol. The third-order valence-electron chi connectivity index (χ3n) is 4.70. The summed E-state index contributed by atoms with van der Waals surface area (Å²) >= 11 is 3.61. The molecule has 0 unspecified atom stereocenters. The molecule has 0 N–H and O–H groups in total. The fourth-order valence-corrected chi connectivity index (χ4v) is 4.38. The number of nitrogens with zero attached hydrogens (tertiary/aromatic N) is 2. The maximum absolute atomic E-state index is 11.7. The molecule has 0 aliphatic carbocycles. The highest BCUT2D eigenvalue weighted by atomic mass is 79.9. The third-order valence-corrected chi connectivity index (χ3v) is 6.78. The van der Waals surface area contributed by atoms with E-state index in [1.165, 1.54) is 10.6 Å². The normalized spacial score (nSPS) is 19.7. The highest BCUT2D eigenvalue weighted by Gasteiger charge is 2.27. The van der Waals surface area contributed by atoms with Crippen LogP contribution in [0.4, 0.5) is 0 Å². The maximum atomic E-state index is 11.7. The van der Waals surface area contributed by atoms with Gasteiger partial charge in [0.1, 0.15) is 13.2 Å². The minimum absolute atomic E-state index is 0.0972. The predicted molar refractivity (Wildman–Crippen MR) is 96.0 cm³/mol. The molecule has 1 aromatic carbocycles. The molecule has 2 aliphatic heterocycles. The lowest BCUT2D eigenvalue weighted by atomic mass is 10.0. The van der Waals surface area contributed by atoms with E-state index in [0.29, 0.717) is 13.2 Å². The van der Waals surface area contributed by atoms with E-state index in [1.807, 2.05) is 12.1 Å². The second-order valence-corrected chi connectivity index (χ2v) is 9.27. The summed E-state index contributed by atoms with van der Waals surface area (Å²) in [5.41, 5.74) is 1.16. The van der Waals surface area contributed by atoms with Crippen LogP contribution < -0.4 is 9.47 Å². The highest BCUT2D eigenvalue weighted by Crippen LogP contribution is 2.36. The van der Waals surface area contributed by atoms with Crippen LogP contribution in [0.1, 0.15) is 18.4 Å². The van der Waals surface area contributed by atoms with Crippen LogP contribution in [0, 0.1) is 0 Å². The molecule has 0 radical (unpaired) electrons. The highest BCUT2D eigenvalue weighted by molar-refractivity contribution is 9.10. The molecular formula is C16H23BrN2O4S. The van der Waals surface area contributed by atoms with Crippen LogP contribution in [0.5, 0.6) is 11.5 Å². The predicted octanol–water partition coefficient (Wildman–Crippen LogP) is 2.08. The second kappa shape index (κ2) is 7.19. The quantitative estimate of drug-likeness (QED) is 0.748. The van der Waals surface area contributed by atoms with Gasteiger partial charge in [0.05, 0.1) is 6.26 Å². The summed E-state index contributed by atoms with van der Waals surface area (Å²) in [4.78, 5) is 2.35. The van der Waals surface area contributed by atoms with Gasteiger partial charge in [0.2, 0.25) is 10.0 Å². The smallest absolute Gasteiger partial charge is 0.211 e. The number of fused-ring (bicyclic) bond motifs is 1. The lowest BCUT2D eigenvalue weighted by Gasteiger charge is -2.35. The Morgan fingerprint density at radius 2 is 1.79 bits per heavy atom. The fourth-order valence-electron chi connectivity index (χ4n) is 3.18. The van der Waals surface area contributed by atoms with Gasteiger partial charge in [0, 0.05) is 37.2 Å². The van der Waals surface area contributed by atoms with Crippen molar-refractivity contribution in [1.29, 1.82) is 0 Å². The molecule has 1 aromatic rings. The Hall–Kier alpha value is -0.830. The van der Waals surface area contributed by atoms with Gasteiger partial charge in [-0.3, -0.25) is 4.90 Å². The lowest BCUT2D eigenvalue weighted by Crippen LogP contribution is -2.44. The number of rotatable bonds is 4. The van der Waals surface area contributed by atoms with Crippen molar-refractivity contribution in [2.75, 3.05) is 39.6 Å². The minimum Gasteiger partial charge on any atom is -0.486 e. The van der Waals surface area contributed by atoms with Gasteiger partial charge in [0.25, 0.3) is 0 Å². The molecular weight excluding hydrogens is 396 g/mol. The summed E-state index contributed by atoms with van der Waals surface area (Å²) in [6.45, 7) is 3.74. The average molecular weight is 419 g/mol. The average Bonchev–Trinajstić information content (AvgIpc) is 2.55. The number of piperidine rings is 1. The van der Waals surface area contributed by atoms with Crippen LogP contribution in [0.25, 0.3) is 0 Å². The molecule has 24 heavy (non-hydrogen) atoms. The summed E-state index contributed by atoms with van der Waals surface area (Å²) < 4.78 is 37.1. The molecule has 3 rings (SSSR count). The Balaban J connectivity index is 1.62. The molecule has 0 saturated carbocycles. The molecule has 1 fully saturated rings. The second-order valence-electron chi connectivity index (χ2n) is 6.37. The molecule has 8 heteroatoms. The molecule has 0 aromatic heterocycles. The number of halogens is 1. The Morgan fingerprint density at radius 1 is 1.21 bits per heavy atom. The first-order valence-corrected chi connectivity index (χ1v) is 10.7. The molecule has 134 valence electrons. The molecule has 0 spiro atoms. The van der Waals surface area contributed by atoms with Crippen molar-refractivity contribution < 1.29 is 17.9 Å². The Bertz CT molecular complexity index is 702. The van der Waals surface area contributed by atoms with Gasteiger partial charge >= 0.3 is 0 Å². The zero-order valence-electron chi connectivity index (χ0n) is 14.0. The van der Waals surface area contributed by atoms with Gasteiger partial charge in [-0.25, -0.2) is 12.7 Å². The maximum Gasteiger partial charge on any atom is 0.211 e. The van der Waals surface area contributed by atoms with Crippen molar-refractivity contribution in [1.82, 2.24) is 9.21 Å². The van der Waals surface area contributed by atoms with Crippen molar-refractivity contribution in [3.63, 3.8) is 0 Å². The van der Waals surface area contributed by atoms with E-state index >= 15 is 0 Å². The number of sulfonamides is 1. The van der Waals surface area contributed by atoms with Crippen molar-refractivity contribution in [2.24, 2.45) is 0 Å². The van der Waals surface area contributed by atoms with Crippen LogP contribution in [0.15, 0.2) is 16.6 Å². The van der Waals surface area contributed by atoms with Gasteiger partial charge in [-0.2, -0.15) is 0 Å². The molecule has 2 heterocycles. The molecule has 0 bridgehead atoms.